The third-order valence-electron chi connectivity index (χ3n) is 2.75. The first-order valence-electron chi connectivity index (χ1n) is 5.66. The minimum atomic E-state index is -0.205. The minimum absolute atomic E-state index is 0.173. The number of amides is 1. The van der Waals surface area contributed by atoms with Crippen LogP contribution < -0.4 is 5.32 Å². The van der Waals surface area contributed by atoms with Crippen molar-refractivity contribution in [2.45, 2.75) is 33.6 Å². The number of carbonyl (C=O) groups excluding carboxylic acids is 1. The monoisotopic (exact) mass is 265 g/mol. The van der Waals surface area contributed by atoms with Crippen LogP contribution in [0.2, 0.25) is 0 Å². The lowest BCUT2D eigenvalue weighted by Gasteiger charge is -2.04. The second-order valence-electron chi connectivity index (χ2n) is 4.42. The molecule has 0 aliphatic heterocycles. The summed E-state index contributed by atoms with van der Waals surface area (Å²) in [7, 11) is 0. The molecule has 0 saturated carbocycles. The molecule has 2 aromatic heterocycles. The molecule has 0 atom stereocenters. The molecule has 6 nitrogen and oxygen atoms in total. The van der Waals surface area contributed by atoms with Crippen LogP contribution in [0.25, 0.3) is 0 Å². The van der Waals surface area contributed by atoms with Crippen LogP contribution in [0.5, 0.6) is 0 Å². The highest BCUT2D eigenvalue weighted by Gasteiger charge is 2.20. The van der Waals surface area contributed by atoms with Crippen molar-refractivity contribution < 1.29 is 4.79 Å². The Balaban J connectivity index is 2.22. The zero-order chi connectivity index (χ0) is 13.3. The number of aromatic nitrogens is 4. The fourth-order valence-corrected chi connectivity index (χ4v) is 2.22. The molecular formula is C11H15N5OS. The van der Waals surface area contributed by atoms with E-state index in [-0.39, 0.29) is 11.8 Å². The highest BCUT2D eigenvalue weighted by Crippen LogP contribution is 2.22. The lowest BCUT2D eigenvalue weighted by atomic mass is 10.1. The number of aryl methyl sites for hydroxylation is 1. The third-order valence-corrected chi connectivity index (χ3v) is 3.49. The molecule has 0 aromatic carbocycles. The lowest BCUT2D eigenvalue weighted by Crippen LogP contribution is -2.14. The van der Waals surface area contributed by atoms with Crippen molar-refractivity contribution >= 4 is 23.3 Å². The van der Waals surface area contributed by atoms with Crippen molar-refractivity contribution in [3.05, 3.63) is 21.8 Å². The molecule has 96 valence electrons. The topological polar surface area (TPSA) is 83.6 Å². The SMILES string of the molecule is Cc1[nH]nc(NC(=O)c2snnc2C(C)C)c1C. The number of hydrogen-bond acceptors (Lipinski definition) is 5. The Morgan fingerprint density at radius 3 is 2.67 bits per heavy atom. The Morgan fingerprint density at radius 1 is 1.39 bits per heavy atom. The Kier molecular flexibility index (Phi) is 3.42. The van der Waals surface area contributed by atoms with E-state index < -0.39 is 0 Å². The van der Waals surface area contributed by atoms with Crippen LogP contribution in [0.1, 0.15) is 46.4 Å². The van der Waals surface area contributed by atoms with Gasteiger partial charge in [-0.25, -0.2) is 0 Å². The van der Waals surface area contributed by atoms with Crippen LogP contribution in [0.15, 0.2) is 0 Å². The van der Waals surface area contributed by atoms with Crippen molar-refractivity contribution in [2.75, 3.05) is 5.32 Å². The van der Waals surface area contributed by atoms with E-state index in [0.717, 1.165) is 28.5 Å². The molecule has 0 aliphatic rings. The van der Waals surface area contributed by atoms with Gasteiger partial charge >= 0.3 is 0 Å². The second-order valence-corrected chi connectivity index (χ2v) is 5.17. The summed E-state index contributed by atoms with van der Waals surface area (Å²) in [6, 6.07) is 0. The molecule has 18 heavy (non-hydrogen) atoms. The standard InChI is InChI=1S/C11H15N5OS/c1-5(2)8-9(18-16-14-8)11(17)12-10-6(3)7(4)13-15-10/h5H,1-4H3,(H2,12,13,15,17). The number of hydrogen-bond donors (Lipinski definition) is 2. The fraction of sp³-hybridized carbons (Fsp3) is 0.455. The number of H-pyrrole nitrogens is 1. The predicted molar refractivity (Wildman–Crippen MR) is 70.0 cm³/mol. The Hall–Kier alpha value is -1.76. The smallest absolute Gasteiger partial charge is 0.270 e. The summed E-state index contributed by atoms with van der Waals surface area (Å²) < 4.78 is 3.84. The van der Waals surface area contributed by atoms with Gasteiger partial charge in [0.25, 0.3) is 5.91 Å². The van der Waals surface area contributed by atoms with E-state index in [0.29, 0.717) is 10.7 Å². The van der Waals surface area contributed by atoms with E-state index in [1.807, 2.05) is 27.7 Å². The maximum absolute atomic E-state index is 12.1. The van der Waals surface area contributed by atoms with Crippen LogP contribution in [-0.2, 0) is 0 Å². The van der Waals surface area contributed by atoms with E-state index in [2.05, 4.69) is 25.1 Å². The van der Waals surface area contributed by atoms with E-state index in [9.17, 15) is 4.79 Å². The summed E-state index contributed by atoms with van der Waals surface area (Å²) in [5.41, 5.74) is 2.60. The van der Waals surface area contributed by atoms with Crippen LogP contribution in [0, 0.1) is 13.8 Å². The number of nitrogens with one attached hydrogen (secondary N) is 2. The minimum Gasteiger partial charge on any atom is -0.304 e. The lowest BCUT2D eigenvalue weighted by molar-refractivity contribution is 0.102. The van der Waals surface area contributed by atoms with Crippen LogP contribution in [0.4, 0.5) is 5.82 Å². The molecule has 0 fully saturated rings. The average molecular weight is 265 g/mol. The third kappa shape index (κ3) is 2.26. The van der Waals surface area contributed by atoms with Crippen LogP contribution in [-0.4, -0.2) is 25.7 Å². The van der Waals surface area contributed by atoms with Gasteiger partial charge in [0.05, 0.1) is 5.69 Å². The van der Waals surface area contributed by atoms with Crippen molar-refractivity contribution in [2.24, 2.45) is 0 Å². The van der Waals surface area contributed by atoms with E-state index in [1.165, 1.54) is 0 Å². The molecule has 1 amide bonds. The molecule has 2 N–H and O–H groups in total. The highest BCUT2D eigenvalue weighted by atomic mass is 32.1. The molecule has 2 rings (SSSR count). The van der Waals surface area contributed by atoms with E-state index >= 15 is 0 Å². The zero-order valence-corrected chi connectivity index (χ0v) is 11.6. The van der Waals surface area contributed by atoms with E-state index in [4.69, 9.17) is 0 Å². The largest absolute Gasteiger partial charge is 0.304 e. The summed E-state index contributed by atoms with van der Waals surface area (Å²) in [5.74, 6) is 0.524. The van der Waals surface area contributed by atoms with Gasteiger partial charge in [-0.3, -0.25) is 9.89 Å². The van der Waals surface area contributed by atoms with Crippen LogP contribution >= 0.6 is 11.5 Å². The van der Waals surface area contributed by atoms with Crippen molar-refractivity contribution in [1.29, 1.82) is 0 Å². The number of carbonyl (C=O) groups is 1. The Bertz CT molecular complexity index is 572. The molecule has 0 saturated heterocycles. The zero-order valence-electron chi connectivity index (χ0n) is 10.7. The summed E-state index contributed by atoms with van der Waals surface area (Å²) in [6.07, 6.45) is 0. The second kappa shape index (κ2) is 4.85. The first-order chi connectivity index (χ1) is 8.50. The molecule has 0 aliphatic carbocycles. The number of nitrogens with zero attached hydrogens (tertiary/aromatic N) is 3. The van der Waals surface area contributed by atoms with Gasteiger partial charge in [-0.2, -0.15) is 5.10 Å². The molecule has 0 spiro atoms. The molecule has 2 heterocycles. The number of aromatic amines is 1. The van der Waals surface area contributed by atoms with Crippen molar-refractivity contribution in [3.8, 4) is 0 Å². The van der Waals surface area contributed by atoms with Crippen LogP contribution in [0.3, 0.4) is 0 Å². The first-order valence-corrected chi connectivity index (χ1v) is 6.43. The summed E-state index contributed by atoms with van der Waals surface area (Å²) in [5, 5.41) is 13.6. The van der Waals surface area contributed by atoms with Gasteiger partial charge in [-0.1, -0.05) is 18.3 Å². The molecule has 0 radical (unpaired) electrons. The number of rotatable bonds is 3. The van der Waals surface area contributed by atoms with Gasteiger partial charge in [0, 0.05) is 11.3 Å². The van der Waals surface area contributed by atoms with Gasteiger partial charge in [0.15, 0.2) is 5.82 Å². The molecule has 7 heteroatoms. The predicted octanol–water partition coefficient (Wildman–Crippen LogP) is 2.25. The van der Waals surface area contributed by atoms with Gasteiger partial charge in [-0.15, -0.1) is 5.10 Å². The molecular weight excluding hydrogens is 250 g/mol. The fourth-order valence-electron chi connectivity index (χ4n) is 1.50. The van der Waals surface area contributed by atoms with E-state index in [1.54, 1.807) is 0 Å². The number of anilines is 1. The van der Waals surface area contributed by atoms with Crippen molar-refractivity contribution in [1.82, 2.24) is 19.8 Å². The summed E-state index contributed by atoms with van der Waals surface area (Å²) >= 11 is 1.11. The summed E-state index contributed by atoms with van der Waals surface area (Å²) in [4.78, 5) is 12.7. The molecule has 0 bridgehead atoms. The van der Waals surface area contributed by atoms with Gasteiger partial charge < -0.3 is 5.32 Å². The summed E-state index contributed by atoms with van der Waals surface area (Å²) in [6.45, 7) is 7.78. The average Bonchev–Trinajstić information content (AvgIpc) is 2.91. The highest BCUT2D eigenvalue weighted by molar-refractivity contribution is 7.08. The maximum Gasteiger partial charge on any atom is 0.270 e. The molecule has 0 unspecified atom stereocenters. The normalized spacial score (nSPS) is 10.9. The molecule has 2 aromatic rings. The Morgan fingerprint density at radius 2 is 2.11 bits per heavy atom. The maximum atomic E-state index is 12.1. The first kappa shape index (κ1) is 12.7. The van der Waals surface area contributed by atoms with Gasteiger partial charge in [0.2, 0.25) is 0 Å². The Labute approximate surface area is 109 Å². The van der Waals surface area contributed by atoms with Crippen molar-refractivity contribution in [3.63, 3.8) is 0 Å². The quantitative estimate of drug-likeness (QED) is 0.891. The van der Waals surface area contributed by atoms with Gasteiger partial charge in [0.1, 0.15) is 4.88 Å². The van der Waals surface area contributed by atoms with Gasteiger partial charge in [-0.05, 0) is 31.3 Å².